The molecule has 106 valence electrons. The van der Waals surface area contributed by atoms with Crippen molar-refractivity contribution in [2.45, 2.75) is 26.7 Å². The van der Waals surface area contributed by atoms with E-state index in [1.807, 2.05) is 6.92 Å². The average Bonchev–Trinajstić information content (AvgIpc) is 2.75. The largest absolute Gasteiger partial charge is 0.466 e. The second-order valence-corrected chi connectivity index (χ2v) is 4.95. The molecule has 7 heteroatoms. The molecule has 0 radical (unpaired) electrons. The van der Waals surface area contributed by atoms with E-state index in [2.05, 4.69) is 15.0 Å². The standard InChI is InChI=1S/C12H18N2O4S/c1-4-18-9(15)6-5-7-13-12-14-10(8(2)19-12)11(16)17-3/h4-7H2,1-3H3,(H,13,14). The molecule has 0 saturated heterocycles. The lowest BCUT2D eigenvalue weighted by molar-refractivity contribution is -0.143. The smallest absolute Gasteiger partial charge is 0.357 e. The van der Waals surface area contributed by atoms with Gasteiger partial charge in [-0.25, -0.2) is 9.78 Å². The molecule has 1 rings (SSSR count). The van der Waals surface area contributed by atoms with E-state index < -0.39 is 5.97 Å². The van der Waals surface area contributed by atoms with Crippen LogP contribution in [0.3, 0.4) is 0 Å². The van der Waals surface area contributed by atoms with Crippen LogP contribution in [0.15, 0.2) is 0 Å². The van der Waals surface area contributed by atoms with E-state index in [9.17, 15) is 9.59 Å². The molecule has 1 aromatic heterocycles. The van der Waals surface area contributed by atoms with Crippen LogP contribution in [0.4, 0.5) is 5.13 Å². The first-order valence-corrected chi connectivity index (χ1v) is 6.85. The molecular formula is C12H18N2O4S. The summed E-state index contributed by atoms with van der Waals surface area (Å²) >= 11 is 1.39. The Hall–Kier alpha value is -1.63. The monoisotopic (exact) mass is 286 g/mol. The van der Waals surface area contributed by atoms with Gasteiger partial charge in [0.05, 0.1) is 13.7 Å². The zero-order valence-electron chi connectivity index (χ0n) is 11.3. The lowest BCUT2D eigenvalue weighted by atomic mass is 10.3. The second-order valence-electron chi connectivity index (χ2n) is 3.75. The van der Waals surface area contributed by atoms with Crippen molar-refractivity contribution in [1.29, 1.82) is 0 Å². The van der Waals surface area contributed by atoms with Crippen LogP contribution in [0.1, 0.15) is 35.1 Å². The van der Waals surface area contributed by atoms with E-state index >= 15 is 0 Å². The molecule has 0 bridgehead atoms. The van der Waals surface area contributed by atoms with Crippen molar-refractivity contribution in [3.05, 3.63) is 10.6 Å². The normalized spacial score (nSPS) is 10.1. The quantitative estimate of drug-likeness (QED) is 0.610. The summed E-state index contributed by atoms with van der Waals surface area (Å²) in [5, 5.41) is 3.73. The fourth-order valence-electron chi connectivity index (χ4n) is 1.42. The summed E-state index contributed by atoms with van der Waals surface area (Å²) in [6, 6.07) is 0. The van der Waals surface area contributed by atoms with Crippen molar-refractivity contribution in [3.63, 3.8) is 0 Å². The molecule has 0 amide bonds. The highest BCUT2D eigenvalue weighted by atomic mass is 32.1. The van der Waals surface area contributed by atoms with Crippen LogP contribution in [0.25, 0.3) is 0 Å². The summed E-state index contributed by atoms with van der Waals surface area (Å²) in [5.41, 5.74) is 0.334. The maximum Gasteiger partial charge on any atom is 0.357 e. The lowest BCUT2D eigenvalue weighted by Crippen LogP contribution is -2.08. The third-order valence-electron chi connectivity index (χ3n) is 2.31. The van der Waals surface area contributed by atoms with Crippen LogP contribution in [0.5, 0.6) is 0 Å². The van der Waals surface area contributed by atoms with E-state index in [1.165, 1.54) is 18.4 Å². The van der Waals surface area contributed by atoms with Crippen LogP contribution in [0.2, 0.25) is 0 Å². The number of esters is 2. The second kappa shape index (κ2) is 7.73. The van der Waals surface area contributed by atoms with Crippen LogP contribution in [-0.2, 0) is 14.3 Å². The number of aromatic nitrogens is 1. The highest BCUT2D eigenvalue weighted by Gasteiger charge is 2.15. The van der Waals surface area contributed by atoms with Crippen molar-refractivity contribution in [1.82, 2.24) is 4.98 Å². The minimum Gasteiger partial charge on any atom is -0.466 e. The number of anilines is 1. The Morgan fingerprint density at radius 1 is 1.42 bits per heavy atom. The maximum atomic E-state index is 11.4. The van der Waals surface area contributed by atoms with Crippen LogP contribution in [0, 0.1) is 6.92 Å². The number of carbonyl (C=O) groups excluding carboxylic acids is 2. The number of aryl methyl sites for hydroxylation is 1. The summed E-state index contributed by atoms with van der Waals surface area (Å²) in [4.78, 5) is 27.4. The van der Waals surface area contributed by atoms with Crippen molar-refractivity contribution in [2.75, 3.05) is 25.6 Å². The predicted molar refractivity (Wildman–Crippen MR) is 72.5 cm³/mol. The summed E-state index contributed by atoms with van der Waals surface area (Å²) in [6.07, 6.45) is 1.03. The summed E-state index contributed by atoms with van der Waals surface area (Å²) in [7, 11) is 1.33. The first-order chi connectivity index (χ1) is 9.08. The average molecular weight is 286 g/mol. The molecule has 0 aliphatic heterocycles. The van der Waals surface area contributed by atoms with Crippen LogP contribution < -0.4 is 5.32 Å². The molecule has 0 fully saturated rings. The third-order valence-corrected chi connectivity index (χ3v) is 3.24. The molecule has 0 unspecified atom stereocenters. The zero-order chi connectivity index (χ0) is 14.3. The molecule has 19 heavy (non-hydrogen) atoms. The van der Waals surface area contributed by atoms with Gasteiger partial charge in [0, 0.05) is 17.8 Å². The Labute approximate surface area is 116 Å². The van der Waals surface area contributed by atoms with Gasteiger partial charge < -0.3 is 14.8 Å². The first-order valence-electron chi connectivity index (χ1n) is 6.03. The minimum absolute atomic E-state index is 0.199. The molecule has 1 aromatic rings. The molecule has 0 aromatic carbocycles. The number of ether oxygens (including phenoxy) is 2. The highest BCUT2D eigenvalue weighted by Crippen LogP contribution is 2.22. The number of carbonyl (C=O) groups is 2. The molecule has 0 atom stereocenters. The maximum absolute atomic E-state index is 11.4. The zero-order valence-corrected chi connectivity index (χ0v) is 12.1. The molecule has 0 aliphatic rings. The van der Waals surface area contributed by atoms with Gasteiger partial charge in [-0.1, -0.05) is 0 Å². The van der Waals surface area contributed by atoms with Gasteiger partial charge in [-0.15, -0.1) is 11.3 Å². The van der Waals surface area contributed by atoms with Gasteiger partial charge in [0.2, 0.25) is 0 Å². The van der Waals surface area contributed by atoms with Crippen molar-refractivity contribution in [2.24, 2.45) is 0 Å². The fraction of sp³-hybridized carbons (Fsp3) is 0.583. The molecule has 0 aliphatic carbocycles. The summed E-state index contributed by atoms with van der Waals surface area (Å²) in [5.74, 6) is -0.636. The summed E-state index contributed by atoms with van der Waals surface area (Å²) < 4.78 is 9.45. The molecule has 0 spiro atoms. The Kier molecular flexibility index (Phi) is 6.27. The molecular weight excluding hydrogens is 268 g/mol. The van der Waals surface area contributed by atoms with Crippen molar-refractivity contribution >= 4 is 28.4 Å². The first kappa shape index (κ1) is 15.4. The molecule has 1 N–H and O–H groups in total. The Morgan fingerprint density at radius 3 is 2.79 bits per heavy atom. The van der Waals surface area contributed by atoms with Gasteiger partial charge in [-0.3, -0.25) is 4.79 Å². The lowest BCUT2D eigenvalue weighted by Gasteiger charge is -2.02. The van der Waals surface area contributed by atoms with Crippen LogP contribution in [-0.4, -0.2) is 37.2 Å². The van der Waals surface area contributed by atoms with Gasteiger partial charge in [0.15, 0.2) is 10.8 Å². The molecule has 0 saturated carbocycles. The van der Waals surface area contributed by atoms with Gasteiger partial charge in [-0.2, -0.15) is 0 Å². The van der Waals surface area contributed by atoms with E-state index in [0.29, 0.717) is 36.8 Å². The van der Waals surface area contributed by atoms with E-state index in [0.717, 1.165) is 4.88 Å². The number of hydrogen-bond donors (Lipinski definition) is 1. The van der Waals surface area contributed by atoms with Crippen molar-refractivity contribution in [3.8, 4) is 0 Å². The Morgan fingerprint density at radius 2 is 2.16 bits per heavy atom. The SMILES string of the molecule is CCOC(=O)CCCNc1nc(C(=O)OC)c(C)s1. The minimum atomic E-state index is -0.437. The number of hydrogen-bond acceptors (Lipinski definition) is 7. The predicted octanol–water partition coefficient (Wildman–Crippen LogP) is 1.99. The van der Waals surface area contributed by atoms with Gasteiger partial charge in [0.25, 0.3) is 0 Å². The number of nitrogens with zero attached hydrogens (tertiary/aromatic N) is 1. The fourth-order valence-corrected chi connectivity index (χ4v) is 2.25. The highest BCUT2D eigenvalue weighted by molar-refractivity contribution is 7.15. The number of methoxy groups -OCH3 is 1. The van der Waals surface area contributed by atoms with Gasteiger partial charge >= 0.3 is 11.9 Å². The van der Waals surface area contributed by atoms with Crippen LogP contribution >= 0.6 is 11.3 Å². The summed E-state index contributed by atoms with van der Waals surface area (Å²) in [6.45, 7) is 4.60. The van der Waals surface area contributed by atoms with Gasteiger partial charge in [-0.05, 0) is 20.3 Å². The molecule has 6 nitrogen and oxygen atoms in total. The topological polar surface area (TPSA) is 77.5 Å². The molecule has 1 heterocycles. The Bertz CT molecular complexity index is 445. The van der Waals surface area contributed by atoms with E-state index in [4.69, 9.17) is 4.74 Å². The number of nitrogens with one attached hydrogen (secondary N) is 1. The number of rotatable bonds is 7. The third kappa shape index (κ3) is 4.86. The van der Waals surface area contributed by atoms with Gasteiger partial charge in [0.1, 0.15) is 0 Å². The van der Waals surface area contributed by atoms with E-state index in [-0.39, 0.29) is 5.97 Å². The van der Waals surface area contributed by atoms with E-state index in [1.54, 1.807) is 6.92 Å². The Balaban J connectivity index is 2.38. The van der Waals surface area contributed by atoms with Crippen molar-refractivity contribution < 1.29 is 19.1 Å². The number of thiazole rings is 1.